The van der Waals surface area contributed by atoms with E-state index in [0.717, 1.165) is 16.8 Å². The SMILES string of the molecule is CC(=O)C1=C(C)NC(SCC(=O)c2ccccc2)=C(C#N)[C@@H]1c1cccc(C)c1. The number of carbonyl (C=O) groups excluding carboxylic acids is 2. The molecule has 0 unspecified atom stereocenters. The summed E-state index contributed by atoms with van der Waals surface area (Å²) in [5.74, 6) is -0.305. The third kappa shape index (κ3) is 4.49. The lowest BCUT2D eigenvalue weighted by atomic mass is 9.80. The molecule has 5 heteroatoms. The lowest BCUT2D eigenvalue weighted by Gasteiger charge is -2.29. The highest BCUT2D eigenvalue weighted by Gasteiger charge is 2.33. The van der Waals surface area contributed by atoms with E-state index in [1.54, 1.807) is 12.1 Å². The smallest absolute Gasteiger partial charge is 0.173 e. The molecule has 0 aromatic heterocycles. The molecule has 29 heavy (non-hydrogen) atoms. The summed E-state index contributed by atoms with van der Waals surface area (Å²) in [6.45, 7) is 5.35. The Bertz CT molecular complexity index is 1060. The van der Waals surface area contributed by atoms with Crippen LogP contribution in [0, 0.1) is 18.3 Å². The van der Waals surface area contributed by atoms with E-state index in [1.807, 2.05) is 56.3 Å². The van der Waals surface area contributed by atoms with Crippen molar-refractivity contribution in [2.45, 2.75) is 26.7 Å². The van der Waals surface area contributed by atoms with E-state index in [2.05, 4.69) is 11.4 Å². The Hall–Kier alpha value is -3.10. The molecule has 3 rings (SSSR count). The van der Waals surface area contributed by atoms with E-state index in [0.29, 0.717) is 21.7 Å². The number of ketones is 2. The molecule has 2 aromatic rings. The van der Waals surface area contributed by atoms with Crippen LogP contribution in [0.15, 0.2) is 76.5 Å². The Morgan fingerprint density at radius 2 is 1.83 bits per heavy atom. The first-order valence-corrected chi connectivity index (χ1v) is 10.3. The highest BCUT2D eigenvalue weighted by molar-refractivity contribution is 8.03. The van der Waals surface area contributed by atoms with Gasteiger partial charge in [0.1, 0.15) is 0 Å². The van der Waals surface area contributed by atoms with Crippen molar-refractivity contribution in [2.75, 3.05) is 5.75 Å². The third-order valence-electron chi connectivity index (χ3n) is 4.85. The molecule has 1 heterocycles. The minimum atomic E-state index is -0.437. The topological polar surface area (TPSA) is 70.0 Å². The van der Waals surface area contributed by atoms with Crippen LogP contribution in [-0.2, 0) is 4.79 Å². The van der Waals surface area contributed by atoms with Crippen LogP contribution in [0.3, 0.4) is 0 Å². The summed E-state index contributed by atoms with van der Waals surface area (Å²) in [5.41, 5.74) is 4.38. The highest BCUT2D eigenvalue weighted by Crippen LogP contribution is 2.41. The number of aryl methyl sites for hydroxylation is 1. The molecular weight excluding hydrogens is 380 g/mol. The van der Waals surface area contributed by atoms with Crippen LogP contribution in [0.4, 0.5) is 0 Å². The van der Waals surface area contributed by atoms with Gasteiger partial charge in [0.25, 0.3) is 0 Å². The second-order valence-corrected chi connectivity index (χ2v) is 7.99. The van der Waals surface area contributed by atoms with E-state index in [9.17, 15) is 14.9 Å². The van der Waals surface area contributed by atoms with Crippen LogP contribution in [0.25, 0.3) is 0 Å². The molecule has 0 saturated heterocycles. The van der Waals surface area contributed by atoms with Crippen molar-refractivity contribution in [3.63, 3.8) is 0 Å². The Kier molecular flexibility index (Phi) is 6.36. The van der Waals surface area contributed by atoms with Gasteiger partial charge in [0.15, 0.2) is 11.6 Å². The summed E-state index contributed by atoms with van der Waals surface area (Å²) in [7, 11) is 0. The molecule has 0 fully saturated rings. The number of nitrogens with zero attached hydrogens (tertiary/aromatic N) is 1. The summed E-state index contributed by atoms with van der Waals surface area (Å²) in [6.07, 6.45) is 0. The van der Waals surface area contributed by atoms with E-state index in [4.69, 9.17) is 0 Å². The normalized spacial score (nSPS) is 16.3. The summed E-state index contributed by atoms with van der Waals surface area (Å²) in [5, 5.41) is 13.8. The minimum absolute atomic E-state index is 0.00621. The van der Waals surface area contributed by atoms with Gasteiger partial charge in [-0.05, 0) is 26.3 Å². The van der Waals surface area contributed by atoms with Crippen molar-refractivity contribution in [3.8, 4) is 6.07 Å². The Morgan fingerprint density at radius 1 is 1.10 bits per heavy atom. The Balaban J connectivity index is 1.98. The second-order valence-electron chi connectivity index (χ2n) is 7.00. The van der Waals surface area contributed by atoms with Crippen LogP contribution >= 0.6 is 11.8 Å². The summed E-state index contributed by atoms with van der Waals surface area (Å²) >= 11 is 1.30. The molecule has 0 saturated carbocycles. The van der Waals surface area contributed by atoms with Crippen LogP contribution < -0.4 is 5.32 Å². The van der Waals surface area contributed by atoms with E-state index in [-0.39, 0.29) is 17.3 Å². The fourth-order valence-electron chi connectivity index (χ4n) is 3.52. The van der Waals surface area contributed by atoms with Crippen molar-refractivity contribution < 1.29 is 9.59 Å². The van der Waals surface area contributed by atoms with Gasteiger partial charge in [-0.3, -0.25) is 9.59 Å². The maximum Gasteiger partial charge on any atom is 0.173 e. The van der Waals surface area contributed by atoms with Gasteiger partial charge in [0.2, 0.25) is 0 Å². The molecule has 1 atom stereocenters. The molecule has 4 nitrogen and oxygen atoms in total. The molecule has 1 aliphatic heterocycles. The lowest BCUT2D eigenvalue weighted by molar-refractivity contribution is -0.113. The predicted molar refractivity (Wildman–Crippen MR) is 116 cm³/mol. The zero-order chi connectivity index (χ0) is 21.0. The average Bonchev–Trinajstić information content (AvgIpc) is 2.71. The van der Waals surface area contributed by atoms with Gasteiger partial charge in [-0.15, -0.1) is 0 Å². The summed E-state index contributed by atoms with van der Waals surface area (Å²) in [4.78, 5) is 24.9. The fraction of sp³-hybridized carbons (Fsp3) is 0.208. The molecule has 0 radical (unpaired) electrons. The number of nitriles is 1. The number of dihydropyridines is 1. The standard InChI is InChI=1S/C24H22N2O2S/c1-15-8-7-11-19(12-15)23-20(13-25)24(26-16(2)22(23)17(3)27)29-14-21(28)18-9-5-4-6-10-18/h4-12,23,26H,14H2,1-3H3/t23-/m0/s1. The molecule has 1 N–H and O–H groups in total. The molecule has 0 spiro atoms. The van der Waals surface area contributed by atoms with Gasteiger partial charge < -0.3 is 5.32 Å². The molecule has 0 amide bonds. The van der Waals surface area contributed by atoms with Gasteiger partial charge in [-0.1, -0.05) is 71.9 Å². The monoisotopic (exact) mass is 402 g/mol. The van der Waals surface area contributed by atoms with Crippen molar-refractivity contribution in [3.05, 3.63) is 93.2 Å². The number of benzene rings is 2. The first kappa shape index (κ1) is 20.6. The number of Topliss-reactive ketones (excluding diaryl/α,β-unsaturated/α-hetero) is 2. The number of thioether (sulfide) groups is 1. The van der Waals surface area contributed by atoms with Crippen molar-refractivity contribution in [2.24, 2.45) is 0 Å². The largest absolute Gasteiger partial charge is 0.353 e. The first-order chi connectivity index (χ1) is 13.9. The van der Waals surface area contributed by atoms with Gasteiger partial charge >= 0.3 is 0 Å². The lowest BCUT2D eigenvalue weighted by Crippen LogP contribution is -2.27. The minimum Gasteiger partial charge on any atom is -0.353 e. The first-order valence-electron chi connectivity index (χ1n) is 9.33. The molecule has 146 valence electrons. The van der Waals surface area contributed by atoms with Crippen LogP contribution in [0.5, 0.6) is 0 Å². The van der Waals surface area contributed by atoms with Gasteiger partial charge in [-0.25, -0.2) is 0 Å². The number of carbonyl (C=O) groups is 2. The summed E-state index contributed by atoms with van der Waals surface area (Å²) < 4.78 is 0. The number of allylic oxidation sites excluding steroid dienone is 3. The van der Waals surface area contributed by atoms with Crippen molar-refractivity contribution in [1.82, 2.24) is 5.32 Å². The van der Waals surface area contributed by atoms with Crippen LogP contribution in [-0.4, -0.2) is 17.3 Å². The van der Waals surface area contributed by atoms with Crippen LogP contribution in [0.1, 0.15) is 41.3 Å². The van der Waals surface area contributed by atoms with Gasteiger partial charge in [0, 0.05) is 16.8 Å². The predicted octanol–water partition coefficient (Wildman–Crippen LogP) is 4.90. The zero-order valence-electron chi connectivity index (χ0n) is 16.7. The fourth-order valence-corrected chi connectivity index (χ4v) is 4.51. The van der Waals surface area contributed by atoms with E-state index >= 15 is 0 Å². The van der Waals surface area contributed by atoms with Crippen molar-refractivity contribution >= 4 is 23.3 Å². The number of rotatable bonds is 6. The second kappa shape index (κ2) is 8.93. The zero-order valence-corrected chi connectivity index (χ0v) is 17.5. The van der Waals surface area contributed by atoms with Crippen LogP contribution in [0.2, 0.25) is 0 Å². The Morgan fingerprint density at radius 3 is 2.45 bits per heavy atom. The quantitative estimate of drug-likeness (QED) is 0.696. The molecule has 1 aliphatic rings. The number of hydrogen-bond donors (Lipinski definition) is 1. The van der Waals surface area contributed by atoms with Gasteiger partial charge in [0.05, 0.1) is 28.3 Å². The molecule has 0 bridgehead atoms. The third-order valence-corrected chi connectivity index (χ3v) is 5.86. The Labute approximate surface area is 175 Å². The van der Waals surface area contributed by atoms with E-state index < -0.39 is 5.92 Å². The van der Waals surface area contributed by atoms with Crippen molar-refractivity contribution in [1.29, 1.82) is 5.26 Å². The van der Waals surface area contributed by atoms with Gasteiger partial charge in [-0.2, -0.15) is 5.26 Å². The maximum atomic E-state index is 12.5. The number of hydrogen-bond acceptors (Lipinski definition) is 5. The molecule has 0 aliphatic carbocycles. The van der Waals surface area contributed by atoms with E-state index in [1.165, 1.54) is 18.7 Å². The molecular formula is C24H22N2O2S. The summed E-state index contributed by atoms with van der Waals surface area (Å²) in [6, 6.07) is 19.2. The number of nitrogens with one attached hydrogen (secondary N) is 1. The average molecular weight is 403 g/mol. The molecule has 2 aromatic carbocycles. The highest BCUT2D eigenvalue weighted by atomic mass is 32.2. The maximum absolute atomic E-state index is 12.5.